The number of aryl methyl sites for hydroxylation is 1. The van der Waals surface area contributed by atoms with Gasteiger partial charge in [-0.25, -0.2) is 0 Å². The lowest BCUT2D eigenvalue weighted by Crippen LogP contribution is -3.12. The van der Waals surface area contributed by atoms with E-state index >= 15 is 0 Å². The van der Waals surface area contributed by atoms with Crippen LogP contribution in [-0.4, -0.2) is 35.6 Å². The average molecular weight is 508 g/mol. The number of phenolic OH excluding ortho intramolecular Hbond substituents is 2. The predicted molar refractivity (Wildman–Crippen MR) is 138 cm³/mol. The van der Waals surface area contributed by atoms with Crippen molar-refractivity contribution in [3.63, 3.8) is 0 Å². The van der Waals surface area contributed by atoms with Crippen LogP contribution in [0.4, 0.5) is 0 Å². The number of hydrogen-bond donors (Lipinski definition) is 3. The van der Waals surface area contributed by atoms with E-state index in [4.69, 9.17) is 0 Å². The zero-order chi connectivity index (χ0) is 23.5. The van der Waals surface area contributed by atoms with Crippen LogP contribution in [0.25, 0.3) is 20.5 Å². The number of likely N-dealkylation sites (tertiary alicyclic amines) is 1. The Balaban J connectivity index is 0.00000289. The number of carbonyl (C=O) groups is 1. The van der Waals surface area contributed by atoms with Crippen LogP contribution in [0.3, 0.4) is 0 Å². The second kappa shape index (κ2) is 11.3. The molecule has 0 atom stereocenters. The lowest BCUT2D eigenvalue weighted by Gasteiger charge is -2.23. The van der Waals surface area contributed by atoms with Gasteiger partial charge in [0.1, 0.15) is 11.5 Å². The highest BCUT2D eigenvalue weighted by Gasteiger charge is 2.22. The highest BCUT2D eigenvalue weighted by Crippen LogP contribution is 2.41. The van der Waals surface area contributed by atoms with Gasteiger partial charge in [0.05, 0.1) is 19.6 Å². The summed E-state index contributed by atoms with van der Waals surface area (Å²) in [6.07, 6.45) is 6.31. The number of thiophene rings is 1. The van der Waals surface area contributed by atoms with Crippen LogP contribution in [0.5, 0.6) is 11.5 Å². The van der Waals surface area contributed by atoms with E-state index in [1.165, 1.54) is 62.2 Å². The van der Waals surface area contributed by atoms with Crippen molar-refractivity contribution >= 4 is 27.2 Å². The molecular formula is C29H30ClNO3S. The molecule has 3 aromatic carbocycles. The third-order valence-corrected chi connectivity index (χ3v) is 8.00. The first-order valence-electron chi connectivity index (χ1n) is 12.1. The van der Waals surface area contributed by atoms with E-state index in [2.05, 4.69) is 12.1 Å². The van der Waals surface area contributed by atoms with Gasteiger partial charge in [0, 0.05) is 32.5 Å². The van der Waals surface area contributed by atoms with Gasteiger partial charge in [0.25, 0.3) is 0 Å². The summed E-state index contributed by atoms with van der Waals surface area (Å²) in [6, 6.07) is 20.1. The van der Waals surface area contributed by atoms with Gasteiger partial charge >= 0.3 is 0 Å². The third kappa shape index (κ3) is 5.69. The van der Waals surface area contributed by atoms with Crippen LogP contribution in [0.15, 0.2) is 66.7 Å². The molecule has 5 rings (SSSR count). The van der Waals surface area contributed by atoms with Gasteiger partial charge in [-0.2, -0.15) is 0 Å². The van der Waals surface area contributed by atoms with Gasteiger partial charge in [0.2, 0.25) is 0 Å². The van der Waals surface area contributed by atoms with Crippen molar-refractivity contribution < 1.29 is 32.3 Å². The molecule has 35 heavy (non-hydrogen) atoms. The predicted octanol–water partition coefficient (Wildman–Crippen LogP) is 2.22. The quantitative estimate of drug-likeness (QED) is 0.336. The first-order valence-corrected chi connectivity index (χ1v) is 12.9. The number of fused-ring (bicyclic) bond motifs is 1. The lowest BCUT2D eigenvalue weighted by atomic mass is 9.96. The molecule has 1 aliphatic rings. The van der Waals surface area contributed by atoms with Crippen molar-refractivity contribution in [2.75, 3.05) is 19.6 Å². The molecule has 0 amide bonds. The van der Waals surface area contributed by atoms with Crippen LogP contribution in [0.2, 0.25) is 0 Å². The Morgan fingerprint density at radius 1 is 0.857 bits per heavy atom. The van der Waals surface area contributed by atoms with Crippen molar-refractivity contribution in [2.45, 2.75) is 32.1 Å². The number of nitrogens with one attached hydrogen (secondary N) is 1. The molecular weight excluding hydrogens is 478 g/mol. The minimum Gasteiger partial charge on any atom is -1.00 e. The van der Waals surface area contributed by atoms with Gasteiger partial charge < -0.3 is 27.5 Å². The Bertz CT molecular complexity index is 1290. The maximum absolute atomic E-state index is 13.7. The standard InChI is InChI=1S/C29H29NO3S.ClH/c31-23-12-10-22(11-13-23)29-27(25-15-14-24(32)19-26(25)34-29)28(33)21-8-6-20(7-9-21)5-4-18-30-16-2-1-3-17-30;/h6-15,19,31-32H,1-5,16-18H2;1H. The average Bonchev–Trinajstić information content (AvgIpc) is 3.23. The molecule has 4 nitrogen and oxygen atoms in total. The Hall–Kier alpha value is -2.86. The highest BCUT2D eigenvalue weighted by atomic mass is 35.5. The second-order valence-corrected chi connectivity index (χ2v) is 10.3. The zero-order valence-electron chi connectivity index (χ0n) is 19.6. The SMILES string of the molecule is O=C(c1ccc(CCC[NH+]2CCCCC2)cc1)c1c(-c2ccc(O)cc2)sc2cc(O)ccc12.[Cl-]. The minimum absolute atomic E-state index is 0. The first kappa shape index (κ1) is 25.2. The molecule has 0 saturated carbocycles. The number of carbonyl (C=O) groups excluding carboxylic acids is 1. The van der Waals surface area contributed by atoms with Crippen molar-refractivity contribution in [1.82, 2.24) is 0 Å². The number of ketones is 1. The Labute approximate surface area is 216 Å². The number of quaternary nitrogens is 1. The number of aromatic hydroxyl groups is 2. The fourth-order valence-corrected chi connectivity index (χ4v) is 6.18. The van der Waals surface area contributed by atoms with Crippen molar-refractivity contribution in [2.24, 2.45) is 0 Å². The van der Waals surface area contributed by atoms with E-state index in [0.717, 1.165) is 26.9 Å². The summed E-state index contributed by atoms with van der Waals surface area (Å²) in [7, 11) is 0. The van der Waals surface area contributed by atoms with Gasteiger partial charge in [-0.15, -0.1) is 11.3 Å². The lowest BCUT2D eigenvalue weighted by molar-refractivity contribution is -0.905. The summed E-state index contributed by atoms with van der Waals surface area (Å²) in [5, 5.41) is 20.5. The third-order valence-electron chi connectivity index (χ3n) is 6.80. The summed E-state index contributed by atoms with van der Waals surface area (Å²) in [6.45, 7) is 3.84. The maximum atomic E-state index is 13.7. The van der Waals surface area contributed by atoms with Crippen LogP contribution >= 0.6 is 11.3 Å². The number of benzene rings is 3. The molecule has 2 heterocycles. The summed E-state index contributed by atoms with van der Waals surface area (Å²) in [5.74, 6) is 0.345. The van der Waals surface area contributed by atoms with E-state index < -0.39 is 0 Å². The Kier molecular flexibility index (Phi) is 8.11. The largest absolute Gasteiger partial charge is 1.00 e. The number of halogens is 1. The Morgan fingerprint density at radius 2 is 1.54 bits per heavy atom. The topological polar surface area (TPSA) is 62.0 Å². The van der Waals surface area contributed by atoms with Gasteiger partial charge in [-0.3, -0.25) is 4.79 Å². The van der Waals surface area contributed by atoms with E-state index in [0.29, 0.717) is 11.1 Å². The molecule has 1 aliphatic heterocycles. The number of phenols is 2. The molecule has 1 fully saturated rings. The number of hydrogen-bond acceptors (Lipinski definition) is 4. The summed E-state index contributed by atoms with van der Waals surface area (Å²) < 4.78 is 0.864. The molecule has 0 bridgehead atoms. The molecule has 3 N–H and O–H groups in total. The van der Waals surface area contributed by atoms with E-state index in [1.807, 2.05) is 30.3 Å². The molecule has 6 heteroatoms. The maximum Gasteiger partial charge on any atom is 0.195 e. The summed E-state index contributed by atoms with van der Waals surface area (Å²) >= 11 is 1.48. The van der Waals surface area contributed by atoms with Gasteiger partial charge in [-0.1, -0.05) is 24.3 Å². The normalized spacial score (nSPS) is 14.1. The smallest absolute Gasteiger partial charge is 0.195 e. The zero-order valence-corrected chi connectivity index (χ0v) is 21.2. The van der Waals surface area contributed by atoms with Crippen LogP contribution in [0, 0.1) is 0 Å². The molecule has 182 valence electrons. The van der Waals surface area contributed by atoms with E-state index in [1.54, 1.807) is 29.2 Å². The van der Waals surface area contributed by atoms with Crippen LogP contribution in [-0.2, 0) is 6.42 Å². The van der Waals surface area contributed by atoms with Crippen molar-refractivity contribution in [3.8, 4) is 21.9 Å². The Morgan fingerprint density at radius 3 is 2.26 bits per heavy atom. The molecule has 0 spiro atoms. The van der Waals surface area contributed by atoms with E-state index in [9.17, 15) is 15.0 Å². The summed E-state index contributed by atoms with van der Waals surface area (Å²) in [4.78, 5) is 16.3. The van der Waals surface area contributed by atoms with Gasteiger partial charge in [0.15, 0.2) is 5.78 Å². The van der Waals surface area contributed by atoms with Crippen LogP contribution in [0.1, 0.15) is 47.2 Å². The number of piperidine rings is 1. The number of rotatable bonds is 7. The molecule has 1 saturated heterocycles. The van der Waals surface area contributed by atoms with Crippen molar-refractivity contribution in [1.29, 1.82) is 0 Å². The monoisotopic (exact) mass is 507 g/mol. The minimum atomic E-state index is -0.0238. The van der Waals surface area contributed by atoms with Crippen molar-refractivity contribution in [3.05, 3.63) is 83.4 Å². The fourth-order valence-electron chi connectivity index (χ4n) is 4.94. The summed E-state index contributed by atoms with van der Waals surface area (Å²) in [5.41, 5.74) is 3.45. The molecule has 4 aromatic rings. The molecule has 0 aliphatic carbocycles. The molecule has 1 aromatic heterocycles. The fraction of sp³-hybridized carbons (Fsp3) is 0.276. The molecule has 0 unspecified atom stereocenters. The highest BCUT2D eigenvalue weighted by molar-refractivity contribution is 7.22. The first-order chi connectivity index (χ1) is 16.6. The van der Waals surface area contributed by atoms with E-state index in [-0.39, 0.29) is 29.7 Å². The van der Waals surface area contributed by atoms with Gasteiger partial charge in [-0.05, 0) is 79.3 Å². The second-order valence-electron chi connectivity index (χ2n) is 9.22. The van der Waals surface area contributed by atoms with Crippen LogP contribution < -0.4 is 17.3 Å². The molecule has 0 radical (unpaired) electrons.